The first-order chi connectivity index (χ1) is 14.3. The predicted octanol–water partition coefficient (Wildman–Crippen LogP) is 4.27. The number of carbonyl (C=O) groups is 1. The van der Waals surface area contributed by atoms with Crippen LogP contribution in [0.5, 0.6) is 5.75 Å². The molecule has 5 nitrogen and oxygen atoms in total. The Labute approximate surface area is 176 Å². The van der Waals surface area contributed by atoms with Gasteiger partial charge in [-0.1, -0.05) is 25.7 Å². The molecule has 0 spiro atoms. The molecule has 1 aromatic rings. The fraction of sp³-hybridized carbons (Fsp3) is 0.708. The van der Waals surface area contributed by atoms with E-state index in [0.717, 1.165) is 18.7 Å². The first-order valence-electron chi connectivity index (χ1n) is 11.6. The smallest absolute Gasteiger partial charge is 0.251 e. The number of hydrogen-bond acceptors (Lipinski definition) is 4. The minimum Gasteiger partial charge on any atom is -0.491 e. The minimum atomic E-state index is 0.0404. The van der Waals surface area contributed by atoms with Crippen LogP contribution in [0, 0.1) is 5.92 Å². The van der Waals surface area contributed by atoms with Gasteiger partial charge in [0.25, 0.3) is 5.91 Å². The number of hydrogen-bond donors (Lipinski definition) is 1. The maximum atomic E-state index is 12.8. The van der Waals surface area contributed by atoms with Gasteiger partial charge in [0.1, 0.15) is 12.4 Å². The number of rotatable bonds is 9. The van der Waals surface area contributed by atoms with Crippen LogP contribution < -0.4 is 10.1 Å². The van der Waals surface area contributed by atoms with Crippen molar-refractivity contribution in [3.63, 3.8) is 0 Å². The van der Waals surface area contributed by atoms with Gasteiger partial charge in [0.05, 0.1) is 6.61 Å². The second-order valence-electron chi connectivity index (χ2n) is 8.41. The average Bonchev–Trinajstić information content (AvgIpc) is 3.02. The highest BCUT2D eigenvalue weighted by molar-refractivity contribution is 5.94. The van der Waals surface area contributed by atoms with Crippen molar-refractivity contribution in [2.45, 2.75) is 64.3 Å². The molecule has 2 fully saturated rings. The predicted molar refractivity (Wildman–Crippen MR) is 117 cm³/mol. The second kappa shape index (κ2) is 12.2. The lowest BCUT2D eigenvalue weighted by Gasteiger charge is -2.35. The third-order valence-electron chi connectivity index (χ3n) is 6.23. The minimum absolute atomic E-state index is 0.0404. The number of nitrogens with one attached hydrogen (secondary N) is 1. The molecule has 29 heavy (non-hydrogen) atoms. The van der Waals surface area contributed by atoms with Gasteiger partial charge in [0, 0.05) is 24.8 Å². The summed E-state index contributed by atoms with van der Waals surface area (Å²) in [6, 6.07) is 7.75. The summed E-state index contributed by atoms with van der Waals surface area (Å²) in [6.45, 7) is 7.36. The molecular formula is C24H38N2O3. The van der Waals surface area contributed by atoms with Crippen molar-refractivity contribution >= 4 is 5.91 Å². The Bertz CT molecular complexity index is 597. The zero-order valence-electron chi connectivity index (χ0n) is 18.0. The highest BCUT2D eigenvalue weighted by Crippen LogP contribution is 2.27. The van der Waals surface area contributed by atoms with E-state index in [4.69, 9.17) is 9.47 Å². The Morgan fingerprint density at radius 2 is 1.72 bits per heavy atom. The van der Waals surface area contributed by atoms with Crippen LogP contribution in [-0.4, -0.2) is 56.3 Å². The van der Waals surface area contributed by atoms with Crippen molar-refractivity contribution in [2.24, 2.45) is 5.92 Å². The van der Waals surface area contributed by atoms with Gasteiger partial charge < -0.3 is 19.7 Å². The lowest BCUT2D eigenvalue weighted by atomic mass is 9.84. The molecule has 1 saturated heterocycles. The van der Waals surface area contributed by atoms with Crippen LogP contribution in [0.2, 0.25) is 0 Å². The van der Waals surface area contributed by atoms with Gasteiger partial charge >= 0.3 is 0 Å². The third-order valence-corrected chi connectivity index (χ3v) is 6.23. The normalized spacial score (nSPS) is 23.3. The quantitative estimate of drug-likeness (QED) is 0.627. The van der Waals surface area contributed by atoms with Crippen molar-refractivity contribution in [2.75, 3.05) is 39.5 Å². The summed E-state index contributed by atoms with van der Waals surface area (Å²) in [5.41, 5.74) is 0.709. The summed E-state index contributed by atoms with van der Waals surface area (Å²) in [4.78, 5) is 15.5. The largest absolute Gasteiger partial charge is 0.491 e. The Morgan fingerprint density at radius 1 is 1.00 bits per heavy atom. The Balaban J connectivity index is 1.50. The van der Waals surface area contributed by atoms with E-state index in [1.807, 2.05) is 31.2 Å². The molecule has 1 aliphatic carbocycles. The summed E-state index contributed by atoms with van der Waals surface area (Å²) in [5, 5.41) is 3.34. The summed E-state index contributed by atoms with van der Waals surface area (Å²) in [5.74, 6) is 1.39. The number of carbonyl (C=O) groups excluding carboxylic acids is 1. The van der Waals surface area contributed by atoms with Crippen LogP contribution in [0.1, 0.15) is 68.6 Å². The molecule has 5 heteroatoms. The number of nitrogens with zero attached hydrogens (tertiary/aromatic N) is 1. The van der Waals surface area contributed by atoms with Crippen molar-refractivity contribution in [3.8, 4) is 5.75 Å². The fourth-order valence-corrected chi connectivity index (χ4v) is 4.58. The van der Waals surface area contributed by atoms with E-state index in [-0.39, 0.29) is 5.91 Å². The van der Waals surface area contributed by atoms with Crippen molar-refractivity contribution in [3.05, 3.63) is 29.8 Å². The monoisotopic (exact) mass is 402 g/mol. The summed E-state index contributed by atoms with van der Waals surface area (Å²) in [7, 11) is 0. The lowest BCUT2D eigenvalue weighted by molar-refractivity contribution is 0.0885. The third kappa shape index (κ3) is 7.31. The Hall–Kier alpha value is -1.59. The summed E-state index contributed by atoms with van der Waals surface area (Å²) in [6.07, 6.45) is 10.2. The van der Waals surface area contributed by atoms with Crippen LogP contribution in [0.3, 0.4) is 0 Å². The van der Waals surface area contributed by atoms with Crippen molar-refractivity contribution in [1.82, 2.24) is 10.2 Å². The van der Waals surface area contributed by atoms with E-state index < -0.39 is 0 Å². The highest BCUT2D eigenvalue weighted by Gasteiger charge is 2.28. The second-order valence-corrected chi connectivity index (χ2v) is 8.41. The number of benzene rings is 1. The van der Waals surface area contributed by atoms with Gasteiger partial charge in [-0.05, 0) is 75.9 Å². The van der Waals surface area contributed by atoms with E-state index >= 15 is 0 Å². The first kappa shape index (κ1) is 22.1. The van der Waals surface area contributed by atoms with E-state index in [9.17, 15) is 4.79 Å². The van der Waals surface area contributed by atoms with Gasteiger partial charge in [0.2, 0.25) is 0 Å². The van der Waals surface area contributed by atoms with E-state index in [2.05, 4.69) is 10.2 Å². The van der Waals surface area contributed by atoms with Gasteiger partial charge in [-0.25, -0.2) is 0 Å². The van der Waals surface area contributed by atoms with Crippen LogP contribution in [0.4, 0.5) is 0 Å². The molecule has 1 heterocycles. The van der Waals surface area contributed by atoms with Crippen LogP contribution in [0.25, 0.3) is 0 Å². The average molecular weight is 403 g/mol. The molecule has 0 radical (unpaired) electrons. The fourth-order valence-electron chi connectivity index (χ4n) is 4.58. The van der Waals surface area contributed by atoms with Crippen molar-refractivity contribution < 1.29 is 14.3 Å². The molecule has 1 aliphatic heterocycles. The van der Waals surface area contributed by atoms with Crippen LogP contribution in [-0.2, 0) is 4.74 Å². The molecule has 2 atom stereocenters. The maximum Gasteiger partial charge on any atom is 0.251 e. The van der Waals surface area contributed by atoms with Crippen LogP contribution in [0.15, 0.2) is 24.3 Å². The highest BCUT2D eigenvalue weighted by atomic mass is 16.5. The molecule has 162 valence electrons. The molecule has 1 N–H and O–H groups in total. The van der Waals surface area contributed by atoms with Crippen LogP contribution >= 0.6 is 0 Å². The van der Waals surface area contributed by atoms with E-state index in [1.165, 1.54) is 58.0 Å². The number of amides is 1. The molecule has 0 unspecified atom stereocenters. The zero-order valence-corrected chi connectivity index (χ0v) is 18.0. The Kier molecular flexibility index (Phi) is 9.29. The molecule has 1 amide bonds. The molecule has 1 aromatic carbocycles. The first-order valence-corrected chi connectivity index (χ1v) is 11.6. The van der Waals surface area contributed by atoms with E-state index in [0.29, 0.717) is 37.3 Å². The van der Waals surface area contributed by atoms with Gasteiger partial charge in [-0.2, -0.15) is 0 Å². The van der Waals surface area contributed by atoms with Gasteiger partial charge in [0.15, 0.2) is 0 Å². The molecule has 1 saturated carbocycles. The number of ether oxygens (including phenoxy) is 2. The van der Waals surface area contributed by atoms with Gasteiger partial charge in [-0.3, -0.25) is 4.79 Å². The summed E-state index contributed by atoms with van der Waals surface area (Å²) < 4.78 is 10.9. The molecule has 0 aromatic heterocycles. The topological polar surface area (TPSA) is 50.8 Å². The molecular weight excluding hydrogens is 364 g/mol. The number of likely N-dealkylation sites (tertiary alicyclic amines) is 1. The standard InChI is InChI=1S/C24H38N2O3/c1-2-28-17-18-29-22-13-11-20(12-14-22)24(27)25-23-10-6-5-9-21(23)19-26-15-7-3-4-8-16-26/h11-14,21,23H,2-10,15-19H2,1H3,(H,25,27)/t21-,23+/m0/s1. The Morgan fingerprint density at radius 3 is 2.45 bits per heavy atom. The zero-order chi connectivity index (χ0) is 20.3. The van der Waals surface area contributed by atoms with Crippen molar-refractivity contribution in [1.29, 1.82) is 0 Å². The SMILES string of the molecule is CCOCCOc1ccc(C(=O)N[C@@H]2CCCC[C@H]2CN2CCCCCC2)cc1. The molecule has 0 bridgehead atoms. The molecule has 3 rings (SSSR count). The van der Waals surface area contributed by atoms with Gasteiger partial charge in [-0.15, -0.1) is 0 Å². The lowest BCUT2D eigenvalue weighted by Crippen LogP contribution is -2.46. The van der Waals surface area contributed by atoms with E-state index in [1.54, 1.807) is 0 Å². The summed E-state index contributed by atoms with van der Waals surface area (Å²) >= 11 is 0. The molecule has 2 aliphatic rings. The maximum absolute atomic E-state index is 12.8.